The van der Waals surface area contributed by atoms with Crippen molar-refractivity contribution in [3.05, 3.63) is 101 Å². The number of ether oxygens (including phenoxy) is 1. The molecule has 0 aliphatic carbocycles. The summed E-state index contributed by atoms with van der Waals surface area (Å²) in [5.74, 6) is 1.46. The molecular weight excluding hydrogens is 396 g/mol. The van der Waals surface area contributed by atoms with Gasteiger partial charge in [-0.1, -0.05) is 36.4 Å². The van der Waals surface area contributed by atoms with Gasteiger partial charge in [0.05, 0.1) is 10.6 Å². The average Bonchev–Trinajstić information content (AvgIpc) is 2.80. The second kappa shape index (κ2) is 9.23. The van der Waals surface area contributed by atoms with Crippen LogP contribution in [0.4, 0.5) is 28.7 Å². The van der Waals surface area contributed by atoms with Crippen molar-refractivity contribution in [2.75, 3.05) is 16.2 Å². The first-order valence-corrected chi connectivity index (χ1v) is 9.35. The lowest BCUT2D eigenvalue weighted by Crippen LogP contribution is -2.13. The molecule has 0 unspecified atom stereocenters. The number of nitrogens with one attached hydrogen (secondary N) is 3. The van der Waals surface area contributed by atoms with Crippen LogP contribution in [-0.2, 0) is 0 Å². The molecule has 0 spiro atoms. The highest BCUT2D eigenvalue weighted by Crippen LogP contribution is 2.32. The molecule has 1 aromatic heterocycles. The number of aromatic nitrogens is 2. The van der Waals surface area contributed by atoms with Gasteiger partial charge in [-0.05, 0) is 48.5 Å². The minimum atomic E-state index is -0.537. The van der Waals surface area contributed by atoms with Crippen molar-refractivity contribution in [2.45, 2.75) is 0 Å². The Kier molecular flexibility index (Phi) is 5.85. The van der Waals surface area contributed by atoms with Crippen LogP contribution in [0.3, 0.4) is 0 Å². The predicted molar refractivity (Wildman–Crippen MR) is 119 cm³/mol. The van der Waals surface area contributed by atoms with Gasteiger partial charge in [-0.15, -0.1) is 0 Å². The van der Waals surface area contributed by atoms with Crippen molar-refractivity contribution < 1.29 is 9.66 Å². The number of rotatable bonds is 8. The lowest BCUT2D eigenvalue weighted by atomic mass is 10.3. The Bertz CT molecular complexity index is 1150. The van der Waals surface area contributed by atoms with Gasteiger partial charge < -0.3 is 10.1 Å². The highest BCUT2D eigenvalue weighted by Gasteiger charge is 2.23. The minimum absolute atomic E-state index is 0.0374. The molecule has 154 valence electrons. The fourth-order valence-electron chi connectivity index (χ4n) is 2.76. The summed E-state index contributed by atoms with van der Waals surface area (Å²) in [6.07, 6.45) is 1.25. The van der Waals surface area contributed by atoms with Crippen molar-refractivity contribution in [1.82, 2.24) is 9.97 Å². The maximum atomic E-state index is 11.7. The Labute approximate surface area is 177 Å². The van der Waals surface area contributed by atoms with Crippen LogP contribution in [0.1, 0.15) is 0 Å². The van der Waals surface area contributed by atoms with Crippen molar-refractivity contribution >= 4 is 28.7 Å². The van der Waals surface area contributed by atoms with E-state index in [0.717, 1.165) is 11.4 Å². The number of hydrazine groups is 1. The van der Waals surface area contributed by atoms with Crippen molar-refractivity contribution in [3.63, 3.8) is 0 Å². The monoisotopic (exact) mass is 414 g/mol. The zero-order valence-electron chi connectivity index (χ0n) is 16.2. The third-order valence-corrected chi connectivity index (χ3v) is 4.20. The number of benzene rings is 3. The fourth-order valence-corrected chi connectivity index (χ4v) is 2.76. The topological polar surface area (TPSA) is 114 Å². The van der Waals surface area contributed by atoms with E-state index in [-0.39, 0.29) is 17.3 Å². The standard InChI is InChI=1S/C22H18N6O3/c29-28(30)20-21(23-15-24-22(20)27-26-17-7-3-1-4-8-17)25-16-11-13-19(14-12-16)31-18-9-5-2-6-10-18/h1-15,26H,(H2,23,24,25,27). The second-order valence-electron chi connectivity index (χ2n) is 6.36. The van der Waals surface area contributed by atoms with Crippen molar-refractivity contribution in [2.24, 2.45) is 0 Å². The van der Waals surface area contributed by atoms with E-state index in [4.69, 9.17) is 4.74 Å². The quantitative estimate of drug-likeness (QED) is 0.261. The van der Waals surface area contributed by atoms with Gasteiger partial charge in [0, 0.05) is 5.69 Å². The SMILES string of the molecule is O=[N+]([O-])c1c(NNc2ccccc2)ncnc1Nc1ccc(Oc2ccccc2)cc1. The molecular formula is C22H18N6O3. The van der Waals surface area contributed by atoms with Crippen LogP contribution < -0.4 is 20.9 Å². The highest BCUT2D eigenvalue weighted by atomic mass is 16.6. The normalized spacial score (nSPS) is 10.2. The fraction of sp³-hybridized carbons (Fsp3) is 0. The third kappa shape index (κ3) is 5.04. The molecule has 9 heteroatoms. The van der Waals surface area contributed by atoms with Gasteiger partial charge in [-0.3, -0.25) is 21.0 Å². The average molecular weight is 414 g/mol. The minimum Gasteiger partial charge on any atom is -0.457 e. The molecule has 0 aliphatic heterocycles. The maximum Gasteiger partial charge on any atom is 0.355 e. The predicted octanol–water partition coefficient (Wildman–Crippen LogP) is 5.36. The summed E-state index contributed by atoms with van der Waals surface area (Å²) in [6, 6.07) is 25.6. The Balaban J connectivity index is 1.50. The van der Waals surface area contributed by atoms with Crippen LogP contribution in [0.2, 0.25) is 0 Å². The van der Waals surface area contributed by atoms with E-state index in [1.165, 1.54) is 6.33 Å². The summed E-state index contributed by atoms with van der Waals surface area (Å²) in [5, 5.41) is 14.7. The number of nitro groups is 1. The Morgan fingerprint density at radius 1 is 0.710 bits per heavy atom. The highest BCUT2D eigenvalue weighted by molar-refractivity contribution is 5.74. The third-order valence-electron chi connectivity index (χ3n) is 4.20. The number of para-hydroxylation sites is 2. The molecule has 0 aliphatic rings. The summed E-state index contributed by atoms with van der Waals surface area (Å²) in [5.41, 5.74) is 6.73. The van der Waals surface area contributed by atoms with Crippen molar-refractivity contribution in [1.29, 1.82) is 0 Å². The lowest BCUT2D eigenvalue weighted by Gasteiger charge is -2.12. The summed E-state index contributed by atoms with van der Waals surface area (Å²) in [6.45, 7) is 0. The summed E-state index contributed by atoms with van der Waals surface area (Å²) in [7, 11) is 0. The first-order chi connectivity index (χ1) is 15.2. The largest absolute Gasteiger partial charge is 0.457 e. The molecule has 0 bridgehead atoms. The van der Waals surface area contributed by atoms with Crippen LogP contribution in [0.15, 0.2) is 91.3 Å². The number of nitrogens with zero attached hydrogens (tertiary/aromatic N) is 3. The number of hydrogen-bond acceptors (Lipinski definition) is 8. The van der Waals surface area contributed by atoms with E-state index in [1.54, 1.807) is 24.3 Å². The zero-order chi connectivity index (χ0) is 21.5. The molecule has 0 atom stereocenters. The van der Waals surface area contributed by atoms with E-state index in [9.17, 15) is 10.1 Å². The molecule has 31 heavy (non-hydrogen) atoms. The van der Waals surface area contributed by atoms with Crippen LogP contribution in [0.25, 0.3) is 0 Å². The second-order valence-corrected chi connectivity index (χ2v) is 6.36. The molecule has 3 aromatic carbocycles. The van der Waals surface area contributed by atoms with Gasteiger partial charge >= 0.3 is 5.69 Å². The van der Waals surface area contributed by atoms with Gasteiger partial charge in [0.15, 0.2) is 0 Å². The van der Waals surface area contributed by atoms with Gasteiger partial charge in [0.1, 0.15) is 17.8 Å². The maximum absolute atomic E-state index is 11.7. The van der Waals surface area contributed by atoms with Gasteiger partial charge in [-0.2, -0.15) is 0 Å². The Morgan fingerprint density at radius 3 is 2.00 bits per heavy atom. The smallest absolute Gasteiger partial charge is 0.355 e. The molecule has 0 saturated heterocycles. The molecule has 0 saturated carbocycles. The van der Waals surface area contributed by atoms with E-state index in [1.807, 2.05) is 60.7 Å². The number of anilines is 4. The summed E-state index contributed by atoms with van der Waals surface area (Å²) in [4.78, 5) is 19.2. The summed E-state index contributed by atoms with van der Waals surface area (Å²) < 4.78 is 5.76. The lowest BCUT2D eigenvalue weighted by molar-refractivity contribution is -0.383. The number of hydrogen-bond donors (Lipinski definition) is 3. The molecule has 4 aromatic rings. The van der Waals surface area contributed by atoms with Gasteiger partial charge in [-0.25, -0.2) is 9.97 Å². The molecule has 0 radical (unpaired) electrons. The molecule has 1 heterocycles. The first-order valence-electron chi connectivity index (χ1n) is 9.35. The Morgan fingerprint density at radius 2 is 1.32 bits per heavy atom. The zero-order valence-corrected chi connectivity index (χ0v) is 16.2. The van der Waals surface area contributed by atoms with Gasteiger partial charge in [0.25, 0.3) is 0 Å². The molecule has 9 nitrogen and oxygen atoms in total. The van der Waals surface area contributed by atoms with Crippen LogP contribution in [-0.4, -0.2) is 14.9 Å². The van der Waals surface area contributed by atoms with Crippen molar-refractivity contribution in [3.8, 4) is 11.5 Å². The summed E-state index contributed by atoms with van der Waals surface area (Å²) >= 11 is 0. The van der Waals surface area contributed by atoms with E-state index >= 15 is 0 Å². The van der Waals surface area contributed by atoms with E-state index in [0.29, 0.717) is 11.4 Å². The molecule has 0 fully saturated rings. The first kappa shape index (κ1) is 19.6. The molecule has 4 rings (SSSR count). The van der Waals surface area contributed by atoms with Crippen LogP contribution >= 0.6 is 0 Å². The Hall–Kier alpha value is -4.66. The van der Waals surface area contributed by atoms with Crippen LogP contribution in [0.5, 0.6) is 11.5 Å². The molecule has 3 N–H and O–H groups in total. The van der Waals surface area contributed by atoms with Gasteiger partial charge in [0.2, 0.25) is 11.6 Å². The van der Waals surface area contributed by atoms with Crippen LogP contribution in [0, 0.1) is 10.1 Å². The van der Waals surface area contributed by atoms with E-state index < -0.39 is 4.92 Å². The van der Waals surface area contributed by atoms with E-state index in [2.05, 4.69) is 26.1 Å². The molecule has 0 amide bonds.